The average Bonchev–Trinajstić information content (AvgIpc) is 3.13. The van der Waals surface area contributed by atoms with Crippen LogP contribution in [-0.4, -0.2) is 21.6 Å². The second kappa shape index (κ2) is 10.7. The zero-order valence-corrected chi connectivity index (χ0v) is 19.3. The van der Waals surface area contributed by atoms with E-state index in [0.717, 1.165) is 46.9 Å². The summed E-state index contributed by atoms with van der Waals surface area (Å²) in [6, 6.07) is 14.4. The molecule has 0 spiro atoms. The Balaban J connectivity index is 1.43. The van der Waals surface area contributed by atoms with Crippen molar-refractivity contribution in [1.29, 1.82) is 0 Å². The lowest BCUT2D eigenvalue weighted by molar-refractivity contribution is -0.116. The second-order valence-corrected chi connectivity index (χ2v) is 9.47. The number of imidazole rings is 1. The first-order chi connectivity index (χ1) is 14.5. The van der Waals surface area contributed by atoms with Gasteiger partial charge in [-0.25, -0.2) is 4.98 Å². The van der Waals surface area contributed by atoms with Crippen LogP contribution in [0.25, 0.3) is 11.0 Å². The highest BCUT2D eigenvalue weighted by Crippen LogP contribution is 2.32. The lowest BCUT2D eigenvalue weighted by atomic mass is 9.92. The lowest BCUT2D eigenvalue weighted by Gasteiger charge is -2.20. The molecular weight excluding hydrogens is 390 g/mol. The van der Waals surface area contributed by atoms with E-state index in [-0.39, 0.29) is 5.91 Å². The van der Waals surface area contributed by atoms with Crippen molar-refractivity contribution in [2.75, 3.05) is 11.1 Å². The normalized spacial score (nSPS) is 11.5. The van der Waals surface area contributed by atoms with Gasteiger partial charge in [0.2, 0.25) is 5.91 Å². The monoisotopic (exact) mass is 423 g/mol. The maximum Gasteiger partial charge on any atom is 0.224 e. The standard InChI is InChI=1S/C25H33N3OS/c1-17(2)19-11-10-12-20(18(3)4)24(19)28-23(29)15-6-5-9-16-30-25-26-21-13-7-8-14-22(21)27-25/h7-8,10-14,17-18H,5-6,9,15-16H2,1-4H3,(H,26,27)(H,28,29). The van der Waals surface area contributed by atoms with E-state index >= 15 is 0 Å². The molecule has 0 aliphatic heterocycles. The number of aromatic amines is 1. The van der Waals surface area contributed by atoms with Gasteiger partial charge in [0.25, 0.3) is 0 Å². The van der Waals surface area contributed by atoms with Gasteiger partial charge < -0.3 is 10.3 Å². The molecule has 1 aromatic heterocycles. The van der Waals surface area contributed by atoms with Gasteiger partial charge in [0.15, 0.2) is 5.16 Å². The SMILES string of the molecule is CC(C)c1cccc(C(C)C)c1NC(=O)CCCCCSc1nc2ccccc2[nH]1. The third-order valence-corrected chi connectivity index (χ3v) is 6.25. The molecule has 0 fully saturated rings. The number of hydrogen-bond donors (Lipinski definition) is 2. The average molecular weight is 424 g/mol. The number of carbonyl (C=O) groups is 1. The Bertz CT molecular complexity index is 918. The summed E-state index contributed by atoms with van der Waals surface area (Å²) in [4.78, 5) is 20.5. The Morgan fingerprint density at radius 1 is 0.967 bits per heavy atom. The van der Waals surface area contributed by atoms with Crippen LogP contribution in [0.5, 0.6) is 0 Å². The molecule has 0 saturated heterocycles. The highest BCUT2D eigenvalue weighted by Gasteiger charge is 2.15. The Labute approximate surface area is 184 Å². The molecule has 0 aliphatic carbocycles. The van der Waals surface area contributed by atoms with Gasteiger partial charge in [-0.1, -0.05) is 76.2 Å². The molecular formula is C25H33N3OS. The first-order valence-corrected chi connectivity index (χ1v) is 11.9. The Hall–Kier alpha value is -2.27. The number of thioether (sulfide) groups is 1. The molecule has 0 saturated carbocycles. The van der Waals surface area contributed by atoms with Crippen LogP contribution in [0.4, 0.5) is 5.69 Å². The van der Waals surface area contributed by atoms with Crippen molar-refractivity contribution in [3.63, 3.8) is 0 Å². The minimum Gasteiger partial charge on any atom is -0.333 e. The molecule has 0 atom stereocenters. The fourth-order valence-electron chi connectivity index (χ4n) is 3.63. The molecule has 1 heterocycles. The van der Waals surface area contributed by atoms with E-state index in [1.54, 1.807) is 11.8 Å². The number of anilines is 1. The largest absolute Gasteiger partial charge is 0.333 e. The van der Waals surface area contributed by atoms with Crippen molar-refractivity contribution in [2.45, 2.75) is 70.4 Å². The van der Waals surface area contributed by atoms with Gasteiger partial charge in [0.1, 0.15) is 0 Å². The summed E-state index contributed by atoms with van der Waals surface area (Å²) >= 11 is 1.75. The number of benzene rings is 2. The van der Waals surface area contributed by atoms with Crippen LogP contribution in [0.15, 0.2) is 47.6 Å². The van der Waals surface area contributed by atoms with Gasteiger partial charge in [0.05, 0.1) is 11.0 Å². The van der Waals surface area contributed by atoms with Gasteiger partial charge in [0, 0.05) is 17.9 Å². The Morgan fingerprint density at radius 2 is 1.67 bits per heavy atom. The Kier molecular flexibility index (Phi) is 7.97. The number of carbonyl (C=O) groups excluding carboxylic acids is 1. The first kappa shape index (κ1) is 22.4. The number of H-pyrrole nitrogens is 1. The van der Waals surface area contributed by atoms with E-state index in [4.69, 9.17) is 0 Å². The van der Waals surface area contributed by atoms with Gasteiger partial charge in [-0.05, 0) is 47.9 Å². The molecule has 2 aromatic carbocycles. The summed E-state index contributed by atoms with van der Waals surface area (Å²) in [7, 11) is 0. The van der Waals surface area contributed by atoms with E-state index in [0.29, 0.717) is 18.3 Å². The number of nitrogens with zero attached hydrogens (tertiary/aromatic N) is 1. The van der Waals surface area contributed by atoms with E-state index < -0.39 is 0 Å². The number of amides is 1. The van der Waals surface area contributed by atoms with Crippen molar-refractivity contribution >= 4 is 34.4 Å². The zero-order chi connectivity index (χ0) is 21.5. The molecule has 3 rings (SSSR count). The summed E-state index contributed by atoms with van der Waals surface area (Å²) in [5.41, 5.74) is 5.56. The van der Waals surface area contributed by atoms with E-state index in [1.165, 1.54) is 11.1 Å². The number of hydrogen-bond acceptors (Lipinski definition) is 3. The van der Waals surface area contributed by atoms with Crippen molar-refractivity contribution < 1.29 is 4.79 Å². The summed E-state index contributed by atoms with van der Waals surface area (Å²) in [6.45, 7) is 8.70. The van der Waals surface area contributed by atoms with E-state index in [2.05, 4.69) is 61.2 Å². The van der Waals surface area contributed by atoms with Crippen molar-refractivity contribution in [1.82, 2.24) is 9.97 Å². The maximum absolute atomic E-state index is 12.6. The minimum atomic E-state index is 0.120. The third-order valence-electron chi connectivity index (χ3n) is 5.29. The molecule has 1 amide bonds. The maximum atomic E-state index is 12.6. The second-order valence-electron chi connectivity index (χ2n) is 8.39. The van der Waals surface area contributed by atoms with Crippen LogP contribution in [0.2, 0.25) is 0 Å². The third kappa shape index (κ3) is 5.88. The van der Waals surface area contributed by atoms with Crippen LogP contribution in [0.1, 0.15) is 76.3 Å². The molecule has 0 radical (unpaired) electrons. The predicted molar refractivity (Wildman–Crippen MR) is 129 cm³/mol. The van der Waals surface area contributed by atoms with Crippen molar-refractivity contribution in [3.8, 4) is 0 Å². The minimum absolute atomic E-state index is 0.120. The van der Waals surface area contributed by atoms with Gasteiger partial charge in [-0.15, -0.1) is 0 Å². The fourth-order valence-corrected chi connectivity index (χ4v) is 4.52. The number of nitrogens with one attached hydrogen (secondary N) is 2. The van der Waals surface area contributed by atoms with Gasteiger partial charge in [-0.2, -0.15) is 0 Å². The smallest absolute Gasteiger partial charge is 0.224 e. The molecule has 5 heteroatoms. The van der Waals surface area contributed by atoms with E-state index in [1.807, 2.05) is 24.3 Å². The van der Waals surface area contributed by atoms with Crippen LogP contribution in [-0.2, 0) is 4.79 Å². The molecule has 4 nitrogen and oxygen atoms in total. The van der Waals surface area contributed by atoms with Crippen LogP contribution in [0.3, 0.4) is 0 Å². The summed E-state index contributed by atoms with van der Waals surface area (Å²) in [6.07, 6.45) is 3.60. The highest BCUT2D eigenvalue weighted by atomic mass is 32.2. The molecule has 0 unspecified atom stereocenters. The summed E-state index contributed by atoms with van der Waals surface area (Å²) < 4.78 is 0. The zero-order valence-electron chi connectivity index (χ0n) is 18.5. The number of fused-ring (bicyclic) bond motifs is 1. The quantitative estimate of drug-likeness (QED) is 0.270. The van der Waals surface area contributed by atoms with Crippen molar-refractivity contribution in [2.24, 2.45) is 0 Å². The molecule has 160 valence electrons. The topological polar surface area (TPSA) is 57.8 Å². The molecule has 30 heavy (non-hydrogen) atoms. The number of rotatable bonds is 10. The number of para-hydroxylation sites is 3. The van der Waals surface area contributed by atoms with Crippen LogP contribution in [0, 0.1) is 0 Å². The molecule has 0 bridgehead atoms. The van der Waals surface area contributed by atoms with E-state index in [9.17, 15) is 4.79 Å². The van der Waals surface area contributed by atoms with Gasteiger partial charge >= 0.3 is 0 Å². The Morgan fingerprint density at radius 3 is 2.33 bits per heavy atom. The van der Waals surface area contributed by atoms with Crippen LogP contribution < -0.4 is 5.32 Å². The van der Waals surface area contributed by atoms with Crippen LogP contribution >= 0.6 is 11.8 Å². The number of unbranched alkanes of at least 4 members (excludes halogenated alkanes) is 2. The molecule has 2 N–H and O–H groups in total. The lowest BCUT2D eigenvalue weighted by Crippen LogP contribution is -2.15. The fraction of sp³-hybridized carbons (Fsp3) is 0.440. The first-order valence-electron chi connectivity index (χ1n) is 11.0. The summed E-state index contributed by atoms with van der Waals surface area (Å²) in [5.74, 6) is 1.90. The molecule has 3 aromatic rings. The number of aromatic nitrogens is 2. The summed E-state index contributed by atoms with van der Waals surface area (Å²) in [5, 5.41) is 4.19. The predicted octanol–water partition coefficient (Wildman–Crippen LogP) is 7.10. The van der Waals surface area contributed by atoms with Crippen molar-refractivity contribution in [3.05, 3.63) is 53.6 Å². The molecule has 0 aliphatic rings. The highest BCUT2D eigenvalue weighted by molar-refractivity contribution is 7.99. The van der Waals surface area contributed by atoms with Gasteiger partial charge in [-0.3, -0.25) is 4.79 Å².